The molecule has 0 fully saturated rings. The van der Waals surface area contributed by atoms with E-state index < -0.39 is 0 Å². The van der Waals surface area contributed by atoms with Crippen LogP contribution in [0.4, 0.5) is 0 Å². The minimum atomic E-state index is 0.586. The summed E-state index contributed by atoms with van der Waals surface area (Å²) < 4.78 is 11.5. The quantitative estimate of drug-likeness (QED) is 0.650. The Labute approximate surface area is 124 Å². The van der Waals surface area contributed by atoms with Gasteiger partial charge < -0.3 is 14.5 Å². The number of hydrogen-bond donors (Lipinski definition) is 1. The van der Waals surface area contributed by atoms with Crippen molar-refractivity contribution in [1.29, 1.82) is 0 Å². The van der Waals surface area contributed by atoms with E-state index in [1.165, 1.54) is 12.0 Å². The third-order valence-corrected chi connectivity index (χ3v) is 3.22. The molecule has 0 unspecified atom stereocenters. The van der Waals surface area contributed by atoms with Gasteiger partial charge in [0.05, 0.1) is 6.54 Å². The first kappa shape index (κ1) is 17.3. The van der Waals surface area contributed by atoms with Crippen LogP contribution in [-0.2, 0) is 17.9 Å². The van der Waals surface area contributed by atoms with Gasteiger partial charge in [-0.2, -0.15) is 0 Å². The maximum absolute atomic E-state index is 5.84. The van der Waals surface area contributed by atoms with Crippen LogP contribution in [0.5, 0.6) is 0 Å². The van der Waals surface area contributed by atoms with Gasteiger partial charge in [0, 0.05) is 6.61 Å². The van der Waals surface area contributed by atoms with Crippen LogP contribution < -0.4 is 5.32 Å². The lowest BCUT2D eigenvalue weighted by Crippen LogP contribution is -2.18. The molecule has 20 heavy (non-hydrogen) atoms. The fourth-order valence-electron chi connectivity index (χ4n) is 2.08. The van der Waals surface area contributed by atoms with Crippen LogP contribution in [0.1, 0.15) is 57.6 Å². The molecule has 116 valence electrons. The summed E-state index contributed by atoms with van der Waals surface area (Å²) in [6, 6.07) is 2.09. The highest BCUT2D eigenvalue weighted by Gasteiger charge is 2.07. The molecule has 1 aromatic heterocycles. The monoisotopic (exact) mass is 281 g/mol. The Hall–Kier alpha value is -0.800. The second-order valence-electron chi connectivity index (χ2n) is 6.43. The van der Waals surface area contributed by atoms with E-state index in [-0.39, 0.29) is 0 Å². The van der Waals surface area contributed by atoms with Gasteiger partial charge in [-0.3, -0.25) is 0 Å². The number of rotatable bonds is 10. The van der Waals surface area contributed by atoms with Crippen molar-refractivity contribution in [3.8, 4) is 0 Å². The van der Waals surface area contributed by atoms with Crippen LogP contribution in [0.25, 0.3) is 0 Å². The molecule has 0 atom stereocenters. The van der Waals surface area contributed by atoms with Gasteiger partial charge in [0.15, 0.2) is 0 Å². The first-order valence-electron chi connectivity index (χ1n) is 7.85. The van der Waals surface area contributed by atoms with E-state index in [0.717, 1.165) is 43.6 Å². The topological polar surface area (TPSA) is 34.4 Å². The minimum absolute atomic E-state index is 0.586. The van der Waals surface area contributed by atoms with Crippen molar-refractivity contribution in [3.05, 3.63) is 23.2 Å². The van der Waals surface area contributed by atoms with E-state index in [9.17, 15) is 0 Å². The molecular weight excluding hydrogens is 250 g/mol. The highest BCUT2D eigenvalue weighted by molar-refractivity contribution is 5.19. The molecule has 0 amide bonds. The summed E-state index contributed by atoms with van der Waals surface area (Å²) in [4.78, 5) is 0. The molecule has 0 saturated heterocycles. The summed E-state index contributed by atoms with van der Waals surface area (Å²) in [6.45, 7) is 14.2. The number of nitrogens with one attached hydrogen (secondary N) is 1. The number of furan rings is 1. The Bertz CT molecular complexity index is 369. The second-order valence-corrected chi connectivity index (χ2v) is 6.43. The first-order valence-corrected chi connectivity index (χ1v) is 7.85. The van der Waals surface area contributed by atoms with Crippen molar-refractivity contribution in [3.63, 3.8) is 0 Å². The lowest BCUT2D eigenvalue weighted by Gasteiger charge is -2.06. The summed E-state index contributed by atoms with van der Waals surface area (Å²) in [5.41, 5.74) is 1.21. The predicted molar refractivity (Wildman–Crippen MR) is 83.7 cm³/mol. The molecule has 0 aliphatic heterocycles. The Morgan fingerprint density at radius 1 is 1.20 bits per heavy atom. The molecule has 0 radical (unpaired) electrons. The van der Waals surface area contributed by atoms with Crippen LogP contribution in [0.3, 0.4) is 0 Å². The van der Waals surface area contributed by atoms with Gasteiger partial charge in [-0.15, -0.1) is 0 Å². The predicted octanol–water partition coefficient (Wildman–Crippen LogP) is 4.29. The van der Waals surface area contributed by atoms with E-state index >= 15 is 0 Å². The fraction of sp³-hybridized carbons (Fsp3) is 0.765. The summed E-state index contributed by atoms with van der Waals surface area (Å²) in [7, 11) is 0. The van der Waals surface area contributed by atoms with Crippen molar-refractivity contribution in [2.24, 2.45) is 11.8 Å². The second kappa shape index (κ2) is 9.19. The molecule has 3 heteroatoms. The zero-order chi connectivity index (χ0) is 15.0. The summed E-state index contributed by atoms with van der Waals surface area (Å²) in [6.07, 6.45) is 2.35. The fourth-order valence-corrected chi connectivity index (χ4v) is 2.08. The molecule has 0 saturated carbocycles. The molecule has 3 nitrogen and oxygen atoms in total. The van der Waals surface area contributed by atoms with Crippen LogP contribution in [-0.4, -0.2) is 13.2 Å². The van der Waals surface area contributed by atoms with Crippen LogP contribution in [0.15, 0.2) is 10.5 Å². The molecule has 0 aliphatic rings. The summed E-state index contributed by atoms with van der Waals surface area (Å²) >= 11 is 0. The van der Waals surface area contributed by atoms with E-state index in [0.29, 0.717) is 12.5 Å². The molecular formula is C17H31NO2. The van der Waals surface area contributed by atoms with E-state index in [4.69, 9.17) is 9.15 Å². The Balaban J connectivity index is 2.26. The lowest BCUT2D eigenvalue weighted by atomic mass is 10.1. The molecule has 1 aromatic rings. The third-order valence-electron chi connectivity index (χ3n) is 3.22. The van der Waals surface area contributed by atoms with E-state index in [2.05, 4.69) is 46.0 Å². The molecule has 1 heterocycles. The average molecular weight is 281 g/mol. The van der Waals surface area contributed by atoms with Crippen LogP contribution in [0.2, 0.25) is 0 Å². The van der Waals surface area contributed by atoms with Crippen molar-refractivity contribution >= 4 is 0 Å². The van der Waals surface area contributed by atoms with Gasteiger partial charge in [0.2, 0.25) is 0 Å². The third kappa shape index (κ3) is 7.11. The maximum atomic E-state index is 5.84. The Morgan fingerprint density at radius 2 is 1.95 bits per heavy atom. The van der Waals surface area contributed by atoms with Gasteiger partial charge >= 0.3 is 0 Å². The normalized spacial score (nSPS) is 11.8. The van der Waals surface area contributed by atoms with E-state index in [1.807, 2.05) is 0 Å². The number of ether oxygens (including phenoxy) is 1. The van der Waals surface area contributed by atoms with Crippen molar-refractivity contribution in [1.82, 2.24) is 5.32 Å². The summed E-state index contributed by atoms with van der Waals surface area (Å²) in [5, 5.41) is 3.41. The first-order chi connectivity index (χ1) is 9.49. The summed E-state index contributed by atoms with van der Waals surface area (Å²) in [5.74, 6) is 3.39. The number of aryl methyl sites for hydroxylation is 1. The van der Waals surface area contributed by atoms with Crippen molar-refractivity contribution in [2.75, 3.05) is 13.2 Å². The Morgan fingerprint density at radius 3 is 2.60 bits per heavy atom. The molecule has 1 N–H and O–H groups in total. The molecule has 0 spiro atoms. The molecule has 0 aliphatic carbocycles. The largest absolute Gasteiger partial charge is 0.462 e. The highest BCUT2D eigenvalue weighted by atomic mass is 16.5. The Kier molecular flexibility index (Phi) is 7.93. The van der Waals surface area contributed by atoms with E-state index in [1.54, 1.807) is 0 Å². The number of hydrogen-bond acceptors (Lipinski definition) is 3. The van der Waals surface area contributed by atoms with Gasteiger partial charge in [-0.1, -0.05) is 27.7 Å². The van der Waals surface area contributed by atoms with Gasteiger partial charge in [0.25, 0.3) is 0 Å². The van der Waals surface area contributed by atoms with Crippen molar-refractivity contribution in [2.45, 2.75) is 60.6 Å². The minimum Gasteiger partial charge on any atom is -0.462 e. The molecule has 0 aromatic carbocycles. The maximum Gasteiger partial charge on any atom is 0.130 e. The zero-order valence-corrected chi connectivity index (χ0v) is 13.8. The smallest absolute Gasteiger partial charge is 0.130 e. The van der Waals surface area contributed by atoms with Crippen LogP contribution in [0, 0.1) is 18.8 Å². The highest BCUT2D eigenvalue weighted by Crippen LogP contribution is 2.16. The molecule has 1 rings (SSSR count). The van der Waals surface area contributed by atoms with Crippen molar-refractivity contribution < 1.29 is 9.15 Å². The average Bonchev–Trinajstić information content (AvgIpc) is 2.69. The van der Waals surface area contributed by atoms with Gasteiger partial charge in [0.1, 0.15) is 18.1 Å². The van der Waals surface area contributed by atoms with Crippen LogP contribution >= 0.6 is 0 Å². The molecule has 0 bridgehead atoms. The lowest BCUT2D eigenvalue weighted by molar-refractivity contribution is 0.0997. The van der Waals surface area contributed by atoms with Gasteiger partial charge in [-0.05, 0) is 49.8 Å². The standard InChI is InChI=1S/C17H31NO2/c1-13(2)7-6-8-19-12-16-9-15(5)17(20-16)11-18-10-14(3)4/h9,13-14,18H,6-8,10-12H2,1-5H3. The SMILES string of the molecule is Cc1cc(COCCCC(C)C)oc1CNCC(C)C. The van der Waals surface area contributed by atoms with Gasteiger partial charge in [-0.25, -0.2) is 0 Å². The zero-order valence-electron chi connectivity index (χ0n) is 13.8.